The molecule has 0 bridgehead atoms. The summed E-state index contributed by atoms with van der Waals surface area (Å²) in [6.45, 7) is 0.696. The van der Waals surface area contributed by atoms with Crippen molar-refractivity contribution in [2.75, 3.05) is 6.54 Å². The van der Waals surface area contributed by atoms with Gasteiger partial charge in [-0.1, -0.05) is 30.3 Å². The lowest BCUT2D eigenvalue weighted by molar-refractivity contribution is -0.137. The van der Waals surface area contributed by atoms with Crippen molar-refractivity contribution in [2.45, 2.75) is 38.1 Å². The van der Waals surface area contributed by atoms with Crippen molar-refractivity contribution in [1.82, 2.24) is 9.88 Å². The highest BCUT2D eigenvalue weighted by molar-refractivity contribution is 7.16. The van der Waals surface area contributed by atoms with E-state index in [9.17, 15) is 9.59 Å². The van der Waals surface area contributed by atoms with Crippen LogP contribution in [0.2, 0.25) is 0 Å². The second-order valence-electron chi connectivity index (χ2n) is 5.98. The largest absolute Gasteiger partial charge is 0.481 e. The molecule has 1 aromatic heterocycles. The van der Waals surface area contributed by atoms with E-state index >= 15 is 0 Å². The lowest BCUT2D eigenvalue weighted by Gasteiger charge is -2.35. The van der Waals surface area contributed by atoms with Gasteiger partial charge < -0.3 is 10.0 Å². The minimum Gasteiger partial charge on any atom is -0.481 e. The van der Waals surface area contributed by atoms with Crippen LogP contribution >= 0.6 is 11.3 Å². The van der Waals surface area contributed by atoms with E-state index in [0.717, 1.165) is 29.8 Å². The van der Waals surface area contributed by atoms with Crippen LogP contribution in [-0.2, 0) is 4.79 Å². The Balaban J connectivity index is 1.74. The summed E-state index contributed by atoms with van der Waals surface area (Å²) < 4.78 is 0. The van der Waals surface area contributed by atoms with Crippen LogP contribution in [0.15, 0.2) is 36.5 Å². The molecular formula is C18H20N2O3S. The first-order valence-corrected chi connectivity index (χ1v) is 9.01. The summed E-state index contributed by atoms with van der Waals surface area (Å²) in [5.74, 6) is -0.832. The molecule has 126 valence electrons. The number of hydrogen-bond acceptors (Lipinski definition) is 4. The molecule has 1 aromatic carbocycles. The number of benzene rings is 1. The fraction of sp³-hybridized carbons (Fsp3) is 0.389. The average Bonchev–Trinajstić information content (AvgIpc) is 3.10. The number of thiazole rings is 1. The Labute approximate surface area is 145 Å². The molecule has 0 radical (unpaired) electrons. The predicted molar refractivity (Wildman–Crippen MR) is 93.1 cm³/mol. The number of carboxylic acids is 1. The summed E-state index contributed by atoms with van der Waals surface area (Å²) in [7, 11) is 0. The van der Waals surface area contributed by atoms with Crippen LogP contribution in [0.3, 0.4) is 0 Å². The summed E-state index contributed by atoms with van der Waals surface area (Å²) >= 11 is 1.40. The van der Waals surface area contributed by atoms with Crippen LogP contribution in [0.5, 0.6) is 0 Å². The number of carboxylic acid groups (broad SMARTS) is 1. The predicted octanol–water partition coefficient (Wildman–Crippen LogP) is 3.67. The molecule has 0 aliphatic carbocycles. The summed E-state index contributed by atoms with van der Waals surface area (Å²) in [5, 5.41) is 9.74. The molecule has 5 nitrogen and oxygen atoms in total. The van der Waals surface area contributed by atoms with Crippen LogP contribution in [0.25, 0.3) is 10.6 Å². The third-order valence-electron chi connectivity index (χ3n) is 4.32. The maximum absolute atomic E-state index is 12.8. The molecule has 1 saturated heterocycles. The maximum Gasteiger partial charge on any atom is 0.303 e. The molecule has 1 atom stereocenters. The van der Waals surface area contributed by atoms with Gasteiger partial charge in [0.2, 0.25) is 0 Å². The molecule has 1 N–H and O–H groups in total. The fourth-order valence-electron chi connectivity index (χ4n) is 3.09. The summed E-state index contributed by atoms with van der Waals surface area (Å²) in [6.07, 6.45) is 5.16. The number of carbonyl (C=O) groups excluding carboxylic acids is 1. The van der Waals surface area contributed by atoms with Crippen molar-refractivity contribution in [2.24, 2.45) is 0 Å². The summed E-state index contributed by atoms with van der Waals surface area (Å²) in [4.78, 5) is 30.5. The van der Waals surface area contributed by atoms with Gasteiger partial charge in [0.05, 0.1) is 6.20 Å². The highest BCUT2D eigenvalue weighted by Gasteiger charge is 2.29. The zero-order chi connectivity index (χ0) is 16.9. The molecule has 6 heteroatoms. The number of piperidine rings is 1. The van der Waals surface area contributed by atoms with Crippen LogP contribution in [-0.4, -0.2) is 39.5 Å². The van der Waals surface area contributed by atoms with Gasteiger partial charge in [-0.05, 0) is 25.7 Å². The third-order valence-corrected chi connectivity index (χ3v) is 5.35. The van der Waals surface area contributed by atoms with Crippen molar-refractivity contribution in [3.8, 4) is 10.6 Å². The quantitative estimate of drug-likeness (QED) is 0.898. The maximum atomic E-state index is 12.8. The second-order valence-corrected chi connectivity index (χ2v) is 7.01. The number of carbonyl (C=O) groups is 2. The normalized spacial score (nSPS) is 17.7. The van der Waals surface area contributed by atoms with E-state index in [0.29, 0.717) is 17.8 Å². The van der Waals surface area contributed by atoms with Crippen molar-refractivity contribution in [3.63, 3.8) is 0 Å². The molecular weight excluding hydrogens is 324 g/mol. The monoisotopic (exact) mass is 344 g/mol. The first-order chi connectivity index (χ1) is 11.6. The molecule has 1 fully saturated rings. The van der Waals surface area contributed by atoms with E-state index in [4.69, 9.17) is 5.11 Å². The van der Waals surface area contributed by atoms with Gasteiger partial charge in [0, 0.05) is 24.6 Å². The van der Waals surface area contributed by atoms with E-state index in [1.165, 1.54) is 11.3 Å². The van der Waals surface area contributed by atoms with E-state index in [-0.39, 0.29) is 18.4 Å². The zero-order valence-electron chi connectivity index (χ0n) is 13.4. The van der Waals surface area contributed by atoms with Crippen LogP contribution < -0.4 is 0 Å². The van der Waals surface area contributed by atoms with Crippen molar-refractivity contribution >= 4 is 23.2 Å². The molecule has 24 heavy (non-hydrogen) atoms. The van der Waals surface area contributed by atoms with Gasteiger partial charge in [-0.3, -0.25) is 9.59 Å². The Morgan fingerprint density at radius 3 is 2.79 bits per heavy atom. The second kappa shape index (κ2) is 7.57. The van der Waals surface area contributed by atoms with Gasteiger partial charge in [-0.15, -0.1) is 11.3 Å². The van der Waals surface area contributed by atoms with Gasteiger partial charge in [-0.25, -0.2) is 4.98 Å². The van der Waals surface area contributed by atoms with Gasteiger partial charge in [-0.2, -0.15) is 0 Å². The molecule has 2 aromatic rings. The Kier molecular flexibility index (Phi) is 5.25. The topological polar surface area (TPSA) is 70.5 Å². The van der Waals surface area contributed by atoms with Gasteiger partial charge in [0.25, 0.3) is 5.91 Å². The third kappa shape index (κ3) is 3.82. The van der Waals surface area contributed by atoms with Crippen LogP contribution in [0.1, 0.15) is 41.8 Å². The lowest BCUT2D eigenvalue weighted by Crippen LogP contribution is -2.43. The molecule has 1 amide bonds. The molecule has 1 unspecified atom stereocenters. The number of hydrogen-bond donors (Lipinski definition) is 1. The van der Waals surface area contributed by atoms with Gasteiger partial charge in [0.15, 0.2) is 0 Å². The summed E-state index contributed by atoms with van der Waals surface area (Å²) in [6, 6.07) is 9.82. The smallest absolute Gasteiger partial charge is 0.303 e. The lowest BCUT2D eigenvalue weighted by atomic mass is 9.97. The van der Waals surface area contributed by atoms with E-state index < -0.39 is 5.97 Å². The van der Waals surface area contributed by atoms with E-state index in [2.05, 4.69) is 4.98 Å². The number of rotatable bonds is 5. The standard InChI is InChI=1S/C18H20N2O3S/c21-16(22)10-9-14-8-4-5-11-20(14)18(23)15-12-19-17(24-15)13-6-2-1-3-7-13/h1-3,6-7,12,14H,4-5,8-11H2,(H,21,22). The number of aromatic nitrogens is 1. The molecule has 2 heterocycles. The minimum absolute atomic E-state index is 0.0182. The Morgan fingerprint density at radius 1 is 1.25 bits per heavy atom. The van der Waals surface area contributed by atoms with Gasteiger partial charge >= 0.3 is 5.97 Å². The van der Waals surface area contributed by atoms with Crippen molar-refractivity contribution in [1.29, 1.82) is 0 Å². The molecule has 1 aliphatic rings. The minimum atomic E-state index is -0.808. The Hall–Kier alpha value is -2.21. The highest BCUT2D eigenvalue weighted by atomic mass is 32.1. The fourth-order valence-corrected chi connectivity index (χ4v) is 3.96. The average molecular weight is 344 g/mol. The molecule has 0 saturated carbocycles. The van der Waals surface area contributed by atoms with Crippen LogP contribution in [0, 0.1) is 0 Å². The number of nitrogens with zero attached hydrogens (tertiary/aromatic N) is 2. The van der Waals surface area contributed by atoms with Crippen LogP contribution in [0.4, 0.5) is 0 Å². The first kappa shape index (κ1) is 16.6. The molecule has 0 spiro atoms. The van der Waals surface area contributed by atoms with E-state index in [1.807, 2.05) is 35.2 Å². The number of amides is 1. The highest BCUT2D eigenvalue weighted by Crippen LogP contribution is 2.28. The van der Waals surface area contributed by atoms with Crippen molar-refractivity contribution in [3.05, 3.63) is 41.4 Å². The summed E-state index contributed by atoms with van der Waals surface area (Å²) in [5.41, 5.74) is 1.00. The zero-order valence-corrected chi connectivity index (χ0v) is 14.2. The van der Waals surface area contributed by atoms with E-state index in [1.54, 1.807) is 6.20 Å². The Morgan fingerprint density at radius 2 is 2.04 bits per heavy atom. The SMILES string of the molecule is O=C(O)CCC1CCCCN1C(=O)c1cnc(-c2ccccc2)s1. The van der Waals surface area contributed by atoms with Crippen molar-refractivity contribution < 1.29 is 14.7 Å². The Bertz CT molecular complexity index is 714. The first-order valence-electron chi connectivity index (χ1n) is 8.19. The molecule has 1 aliphatic heterocycles. The molecule has 3 rings (SSSR count). The number of aliphatic carboxylic acids is 1. The number of likely N-dealkylation sites (tertiary alicyclic amines) is 1. The van der Waals surface area contributed by atoms with Gasteiger partial charge in [0.1, 0.15) is 9.88 Å².